The van der Waals surface area contributed by atoms with E-state index in [9.17, 15) is 24.0 Å². The fourth-order valence-corrected chi connectivity index (χ4v) is 5.52. The topological polar surface area (TPSA) is 282 Å². The number of aldehydes is 1. The summed E-state index contributed by atoms with van der Waals surface area (Å²) in [5, 5.41) is 52.2. The molecule has 0 radical (unpaired) electrons. The third-order valence-corrected chi connectivity index (χ3v) is 13.8. The van der Waals surface area contributed by atoms with Gasteiger partial charge in [0.15, 0.2) is 8.32 Å². The molecular weight excluding hydrogens is 905 g/mol. The van der Waals surface area contributed by atoms with Crippen LogP contribution in [0.2, 0.25) is 18.1 Å². The molecule has 0 aliphatic rings. The van der Waals surface area contributed by atoms with Gasteiger partial charge in [0.05, 0.1) is 26.4 Å². The normalized spacial score (nSPS) is 11.3. The highest BCUT2D eigenvalue weighted by atomic mass is 32.1. The van der Waals surface area contributed by atoms with Gasteiger partial charge < -0.3 is 46.2 Å². The minimum absolute atomic E-state index is 0. The molecule has 0 aliphatic carbocycles. The van der Waals surface area contributed by atoms with E-state index in [1.165, 1.54) is 5.48 Å². The Hall–Kier alpha value is -5.17. The smallest absolute Gasteiger partial charge is 0.267 e. The van der Waals surface area contributed by atoms with Crippen LogP contribution in [0, 0.1) is 47.4 Å². The van der Waals surface area contributed by atoms with E-state index in [0.29, 0.717) is 35.1 Å². The third kappa shape index (κ3) is 25.5. The van der Waals surface area contributed by atoms with Gasteiger partial charge in [-0.3, -0.25) is 29.6 Å². The number of aliphatic hydroxyl groups excluding tert-OH is 3. The molecule has 0 saturated carbocycles. The molecule has 4 amide bonds. The summed E-state index contributed by atoms with van der Waals surface area (Å²) in [5.74, 6) is 18.9. The number of β-amino-alcohol motifs (C(OH)–C–C–N with tert-alkyl or cyclic N) is 1. The molecule has 0 aromatic heterocycles. The van der Waals surface area contributed by atoms with Gasteiger partial charge in [-0.1, -0.05) is 44.5 Å². The minimum Gasteiger partial charge on any atom is -0.410 e. The van der Waals surface area contributed by atoms with Crippen LogP contribution >= 0.6 is 27.0 Å². The van der Waals surface area contributed by atoms with Gasteiger partial charge in [0.1, 0.15) is 18.4 Å². The van der Waals surface area contributed by atoms with Crippen molar-refractivity contribution in [1.82, 2.24) is 26.9 Å². The summed E-state index contributed by atoms with van der Waals surface area (Å²) in [7, 11) is -1.66. The van der Waals surface area contributed by atoms with Crippen molar-refractivity contribution < 1.29 is 54.1 Å². The molecule has 364 valence electrons. The highest BCUT2D eigenvalue weighted by molar-refractivity contribution is 7.59. The van der Waals surface area contributed by atoms with Crippen LogP contribution in [0.15, 0.2) is 48.5 Å². The van der Waals surface area contributed by atoms with E-state index in [1.807, 2.05) is 0 Å². The maximum Gasteiger partial charge on any atom is 0.267 e. The highest BCUT2D eigenvalue weighted by Crippen LogP contribution is 2.36. The Labute approximate surface area is 404 Å². The summed E-state index contributed by atoms with van der Waals surface area (Å²) in [6.45, 7) is 17.5. The van der Waals surface area contributed by atoms with Gasteiger partial charge in [-0.05, 0) is 118 Å². The maximum absolute atomic E-state index is 12.5. The number of rotatable bonds is 16. The van der Waals surface area contributed by atoms with Crippen molar-refractivity contribution in [2.45, 2.75) is 103 Å². The van der Waals surface area contributed by atoms with Crippen LogP contribution in [0.1, 0.15) is 93.2 Å². The van der Waals surface area contributed by atoms with Crippen molar-refractivity contribution in [3.8, 4) is 47.4 Å². The summed E-state index contributed by atoms with van der Waals surface area (Å²) in [5.41, 5.74) is 8.86. The average Bonchev–Trinajstić information content (AvgIpc) is 3.25. The number of hydrogen-bond acceptors (Lipinski definition) is 13. The molecule has 12 N–H and O–H groups in total. The summed E-state index contributed by atoms with van der Waals surface area (Å²) in [4.78, 5) is 58.5. The van der Waals surface area contributed by atoms with Gasteiger partial charge in [-0.2, -0.15) is 27.0 Å². The van der Waals surface area contributed by atoms with E-state index in [1.54, 1.807) is 81.7 Å². The van der Waals surface area contributed by atoms with Crippen molar-refractivity contribution in [2.75, 3.05) is 33.0 Å². The number of nitrogens with one attached hydrogen (secondary N) is 5. The fraction of sp³-hybridized carbons (Fsp3) is 0.457. The third-order valence-electron chi connectivity index (χ3n) is 9.26. The molecule has 2 rings (SSSR count). The van der Waals surface area contributed by atoms with Crippen LogP contribution in [0.5, 0.6) is 0 Å². The number of hydroxylamine groups is 2. The summed E-state index contributed by atoms with van der Waals surface area (Å²) < 4.78 is 5.51. The molecule has 2 aromatic carbocycles. The van der Waals surface area contributed by atoms with Gasteiger partial charge in [0.25, 0.3) is 23.6 Å². The SMILES string of the molecule is CC(C)(C)[Si](C)(C)OCC=O.CC(C)(N)[C@H](NC(=O)c1ccc(C#CC#CCCO)cc1)C(=O)NO.CC(C)(NCCO)[C@H](NC(=O)c1ccc(C#CC#CCCO)cc1)C(=O)NO.S.S. The van der Waals surface area contributed by atoms with Crippen molar-refractivity contribution in [2.24, 2.45) is 5.73 Å². The number of benzene rings is 2. The van der Waals surface area contributed by atoms with Crippen LogP contribution in [0.4, 0.5) is 0 Å². The van der Waals surface area contributed by atoms with E-state index >= 15 is 0 Å². The first-order valence-corrected chi connectivity index (χ1v) is 23.0. The second-order valence-corrected chi connectivity index (χ2v) is 21.2. The van der Waals surface area contributed by atoms with Gasteiger partial charge in [-0.15, -0.1) is 0 Å². The van der Waals surface area contributed by atoms with E-state index in [-0.39, 0.29) is 65.0 Å². The van der Waals surface area contributed by atoms with E-state index in [4.69, 9.17) is 35.9 Å². The molecule has 2 atom stereocenters. The first-order chi connectivity index (χ1) is 30.0. The summed E-state index contributed by atoms with van der Waals surface area (Å²) in [6, 6.07) is 10.6. The maximum atomic E-state index is 12.5. The lowest BCUT2D eigenvalue weighted by atomic mass is 9.93. The Morgan fingerprint density at radius 3 is 1.41 bits per heavy atom. The fourth-order valence-electron chi connectivity index (χ4n) is 4.60. The lowest BCUT2D eigenvalue weighted by Gasteiger charge is -2.35. The van der Waals surface area contributed by atoms with Crippen LogP contribution in [-0.2, 0) is 18.8 Å². The second kappa shape index (κ2) is 33.3. The molecule has 0 bridgehead atoms. The zero-order chi connectivity index (χ0) is 49.0. The Kier molecular flexibility index (Phi) is 32.9. The number of aliphatic hydroxyl groups is 3. The predicted molar refractivity (Wildman–Crippen MR) is 265 cm³/mol. The van der Waals surface area contributed by atoms with Gasteiger partial charge in [-0.25, -0.2) is 11.0 Å². The molecule has 0 spiro atoms. The number of carbonyl (C=O) groups is 5. The van der Waals surface area contributed by atoms with Crippen molar-refractivity contribution in [3.63, 3.8) is 0 Å². The zero-order valence-electron chi connectivity index (χ0n) is 39.1. The van der Waals surface area contributed by atoms with E-state index in [0.717, 1.165) is 6.29 Å². The van der Waals surface area contributed by atoms with Gasteiger partial charge in [0.2, 0.25) is 0 Å². The number of amides is 4. The molecule has 20 heteroatoms. The quantitative estimate of drug-likeness (QED) is 0.0376. The minimum atomic E-state index is -1.66. The summed E-state index contributed by atoms with van der Waals surface area (Å²) >= 11 is 0. The van der Waals surface area contributed by atoms with E-state index < -0.39 is 55.1 Å². The van der Waals surface area contributed by atoms with E-state index in [2.05, 4.69) is 97.2 Å². The van der Waals surface area contributed by atoms with Crippen molar-refractivity contribution in [3.05, 3.63) is 70.8 Å². The largest absolute Gasteiger partial charge is 0.410 e. The first kappa shape index (κ1) is 65.1. The van der Waals surface area contributed by atoms with Crippen LogP contribution in [0.25, 0.3) is 0 Å². The van der Waals surface area contributed by atoms with Crippen LogP contribution < -0.4 is 32.6 Å². The lowest BCUT2D eigenvalue weighted by Crippen LogP contribution is -2.63. The Morgan fingerprint density at radius 1 is 0.682 bits per heavy atom. The average molecular weight is 973 g/mol. The van der Waals surface area contributed by atoms with Gasteiger partial charge >= 0.3 is 0 Å². The number of carbonyl (C=O) groups excluding carboxylic acids is 5. The summed E-state index contributed by atoms with van der Waals surface area (Å²) in [6.07, 6.45) is 1.55. The molecule has 2 aromatic rings. The molecule has 0 saturated heterocycles. The molecule has 0 heterocycles. The molecule has 17 nitrogen and oxygen atoms in total. The first-order valence-electron chi connectivity index (χ1n) is 20.1. The monoisotopic (exact) mass is 972 g/mol. The van der Waals surface area contributed by atoms with Crippen LogP contribution in [0.3, 0.4) is 0 Å². The Morgan fingerprint density at radius 2 is 1.08 bits per heavy atom. The van der Waals surface area contributed by atoms with Gasteiger partial charge in [0, 0.05) is 52.7 Å². The number of hydrogen-bond donors (Lipinski definition) is 11. The highest BCUT2D eigenvalue weighted by Gasteiger charge is 2.38. The standard InChI is InChI=1S/C20H25N3O5.C18H21N3O4.C8H18O2Si.2H2S/c1-20(2,21-12-14-25)17(19(27)23-28)22-18(26)16-10-8-15(9-11-16)7-5-3-4-6-13-24;1-18(2,19)15(17(24)21-25)20-16(23)14-10-8-13(9-11-14)7-5-3-4-6-12-22;1-8(2,3)11(4,5)10-7-6-9;;/h8-11,17,21,24-25,28H,6,12-14H2,1-2H3,(H,22,26)(H,23,27);8-11,15,22,25H,6,12,19H2,1-2H3,(H,20,23)(H,21,24);6H,7H2,1-5H3;2*1H2/t17-;15-;;;/m11.../s1. The predicted octanol–water partition coefficient (Wildman–Crippen LogP) is 1.59. The molecule has 0 aliphatic heterocycles. The Balaban J connectivity index is -0.000000963. The molecule has 0 fully saturated rings. The number of nitrogens with two attached hydrogens (primary N) is 1. The molecular formula is C46H68N6O11S2Si. The zero-order valence-corrected chi connectivity index (χ0v) is 42.1. The second-order valence-electron chi connectivity index (χ2n) is 16.4. The molecule has 66 heavy (non-hydrogen) atoms. The Bertz CT molecular complexity index is 2080. The molecule has 0 unspecified atom stereocenters. The van der Waals surface area contributed by atoms with Crippen molar-refractivity contribution in [1.29, 1.82) is 0 Å². The van der Waals surface area contributed by atoms with Crippen molar-refractivity contribution >= 4 is 65.2 Å². The van der Waals surface area contributed by atoms with Crippen LogP contribution in [-0.4, -0.2) is 120 Å². The lowest BCUT2D eigenvalue weighted by molar-refractivity contribution is -0.133.